The average molecular weight is 217 g/mol. The van der Waals surface area contributed by atoms with Crippen LogP contribution >= 0.6 is 0 Å². The van der Waals surface area contributed by atoms with Gasteiger partial charge in [-0.25, -0.2) is 0 Å². The predicted octanol–water partition coefficient (Wildman–Crippen LogP) is 3.22. The summed E-state index contributed by atoms with van der Waals surface area (Å²) in [5.41, 5.74) is 1.36. The van der Waals surface area contributed by atoms with E-state index < -0.39 is 11.5 Å². The van der Waals surface area contributed by atoms with Gasteiger partial charge in [-0.2, -0.15) is 5.26 Å². The molecule has 0 aliphatic rings. The van der Waals surface area contributed by atoms with Gasteiger partial charge in [0.1, 0.15) is 0 Å². The number of benzene rings is 1. The van der Waals surface area contributed by atoms with Gasteiger partial charge < -0.3 is 5.11 Å². The standard InChI is InChI=1S/C14H19NO/c1-4-11-6-8-12(9-7-11)13(16)14(3,5-2)10-15/h6-9,13,16H,4-5H2,1-3H3. The molecule has 2 unspecified atom stereocenters. The smallest absolute Gasteiger partial charge is 0.0973 e. The molecule has 0 saturated heterocycles. The van der Waals surface area contributed by atoms with Crippen molar-refractivity contribution in [3.8, 4) is 6.07 Å². The van der Waals surface area contributed by atoms with E-state index in [0.717, 1.165) is 12.0 Å². The third-order valence-electron chi connectivity index (χ3n) is 3.30. The molecule has 0 bridgehead atoms. The second kappa shape index (κ2) is 5.14. The molecular weight excluding hydrogens is 198 g/mol. The van der Waals surface area contributed by atoms with Crippen molar-refractivity contribution < 1.29 is 5.11 Å². The number of hydrogen-bond acceptors (Lipinski definition) is 2. The average Bonchev–Trinajstić information content (AvgIpc) is 2.37. The van der Waals surface area contributed by atoms with E-state index in [4.69, 9.17) is 5.26 Å². The first-order chi connectivity index (χ1) is 7.57. The molecule has 0 amide bonds. The number of hydrogen-bond donors (Lipinski definition) is 1. The van der Waals surface area contributed by atoms with Gasteiger partial charge in [-0.05, 0) is 30.9 Å². The lowest BCUT2D eigenvalue weighted by Crippen LogP contribution is -2.22. The van der Waals surface area contributed by atoms with E-state index in [-0.39, 0.29) is 0 Å². The minimum atomic E-state index is -0.714. The summed E-state index contributed by atoms with van der Waals surface area (Å²) in [6.07, 6.45) is 0.910. The summed E-state index contributed by atoms with van der Waals surface area (Å²) < 4.78 is 0. The molecule has 2 nitrogen and oxygen atoms in total. The van der Waals surface area contributed by atoms with E-state index in [2.05, 4.69) is 13.0 Å². The second-order valence-corrected chi connectivity index (χ2v) is 4.38. The summed E-state index contributed by atoms with van der Waals surface area (Å²) in [7, 11) is 0. The van der Waals surface area contributed by atoms with E-state index in [1.165, 1.54) is 5.56 Å². The van der Waals surface area contributed by atoms with Crippen molar-refractivity contribution in [2.45, 2.75) is 39.7 Å². The minimum absolute atomic E-state index is 0.639. The van der Waals surface area contributed by atoms with Crippen LogP contribution in [0.5, 0.6) is 0 Å². The zero-order valence-corrected chi connectivity index (χ0v) is 10.2. The van der Waals surface area contributed by atoms with E-state index in [1.807, 2.05) is 31.2 Å². The van der Waals surface area contributed by atoms with Crippen LogP contribution in [0, 0.1) is 16.7 Å². The Morgan fingerprint density at radius 3 is 2.25 bits per heavy atom. The van der Waals surface area contributed by atoms with Crippen LogP contribution in [0.15, 0.2) is 24.3 Å². The van der Waals surface area contributed by atoms with Crippen LogP contribution in [0.1, 0.15) is 44.4 Å². The molecule has 0 fully saturated rings. The third-order valence-corrected chi connectivity index (χ3v) is 3.30. The molecule has 0 aromatic heterocycles. The maximum Gasteiger partial charge on any atom is 0.0973 e. The van der Waals surface area contributed by atoms with Gasteiger partial charge >= 0.3 is 0 Å². The van der Waals surface area contributed by atoms with E-state index in [9.17, 15) is 5.11 Å². The fourth-order valence-electron chi connectivity index (χ4n) is 1.64. The zero-order valence-electron chi connectivity index (χ0n) is 10.2. The lowest BCUT2D eigenvalue weighted by molar-refractivity contribution is 0.0722. The van der Waals surface area contributed by atoms with Crippen LogP contribution in [0.25, 0.3) is 0 Å². The lowest BCUT2D eigenvalue weighted by atomic mass is 9.80. The molecule has 2 heteroatoms. The lowest BCUT2D eigenvalue weighted by Gasteiger charge is -2.26. The van der Waals surface area contributed by atoms with E-state index in [0.29, 0.717) is 6.42 Å². The third kappa shape index (κ3) is 2.43. The monoisotopic (exact) mass is 217 g/mol. The van der Waals surface area contributed by atoms with Gasteiger partial charge in [0.2, 0.25) is 0 Å². The summed E-state index contributed by atoms with van der Waals surface area (Å²) >= 11 is 0. The predicted molar refractivity (Wildman–Crippen MR) is 64.8 cm³/mol. The normalized spacial score (nSPS) is 16.2. The SMILES string of the molecule is CCc1ccc(C(O)C(C)(C#N)CC)cc1. The number of nitrogens with zero attached hydrogens (tertiary/aromatic N) is 1. The molecule has 86 valence electrons. The van der Waals surface area contributed by atoms with Crippen molar-refractivity contribution >= 4 is 0 Å². The summed E-state index contributed by atoms with van der Waals surface area (Å²) in [5.74, 6) is 0. The van der Waals surface area contributed by atoms with Crippen LogP contribution in [0.3, 0.4) is 0 Å². The molecule has 0 radical (unpaired) electrons. The number of aryl methyl sites for hydroxylation is 1. The molecule has 0 aliphatic heterocycles. The van der Waals surface area contributed by atoms with Gasteiger partial charge in [0.15, 0.2) is 0 Å². The highest BCUT2D eigenvalue weighted by Crippen LogP contribution is 2.35. The van der Waals surface area contributed by atoms with Gasteiger partial charge in [-0.3, -0.25) is 0 Å². The Kier molecular flexibility index (Phi) is 4.09. The molecule has 0 aliphatic carbocycles. The van der Waals surface area contributed by atoms with Crippen LogP contribution < -0.4 is 0 Å². The van der Waals surface area contributed by atoms with Crippen molar-refractivity contribution in [3.05, 3.63) is 35.4 Å². The van der Waals surface area contributed by atoms with Gasteiger partial charge in [0.25, 0.3) is 0 Å². The van der Waals surface area contributed by atoms with Gasteiger partial charge in [0.05, 0.1) is 17.6 Å². The fourth-order valence-corrected chi connectivity index (χ4v) is 1.64. The van der Waals surface area contributed by atoms with Crippen LogP contribution in [-0.2, 0) is 6.42 Å². The summed E-state index contributed by atoms with van der Waals surface area (Å²) in [4.78, 5) is 0. The molecule has 1 aromatic rings. The molecule has 16 heavy (non-hydrogen) atoms. The Bertz CT molecular complexity index is 377. The molecular formula is C14H19NO. The topological polar surface area (TPSA) is 44.0 Å². The maximum absolute atomic E-state index is 10.2. The number of rotatable bonds is 4. The minimum Gasteiger partial charge on any atom is -0.387 e. The summed E-state index contributed by atoms with van der Waals surface area (Å²) in [5, 5.41) is 19.3. The molecule has 1 aromatic carbocycles. The highest BCUT2D eigenvalue weighted by atomic mass is 16.3. The van der Waals surface area contributed by atoms with Crippen molar-refractivity contribution in [1.82, 2.24) is 0 Å². The number of aliphatic hydroxyl groups is 1. The first-order valence-electron chi connectivity index (χ1n) is 5.75. The van der Waals surface area contributed by atoms with Crippen molar-refractivity contribution in [2.24, 2.45) is 5.41 Å². The van der Waals surface area contributed by atoms with Crippen molar-refractivity contribution in [3.63, 3.8) is 0 Å². The van der Waals surface area contributed by atoms with Crippen LogP contribution in [0.2, 0.25) is 0 Å². The Labute approximate surface area is 97.5 Å². The molecule has 1 N–H and O–H groups in total. The summed E-state index contributed by atoms with van der Waals surface area (Å²) in [6, 6.07) is 10.0. The Morgan fingerprint density at radius 2 is 1.88 bits per heavy atom. The number of aliphatic hydroxyl groups excluding tert-OH is 1. The van der Waals surface area contributed by atoms with Gasteiger partial charge in [-0.1, -0.05) is 38.1 Å². The quantitative estimate of drug-likeness (QED) is 0.841. The van der Waals surface area contributed by atoms with Crippen LogP contribution in [0.4, 0.5) is 0 Å². The highest BCUT2D eigenvalue weighted by molar-refractivity contribution is 5.26. The first kappa shape index (κ1) is 12.7. The highest BCUT2D eigenvalue weighted by Gasteiger charge is 2.32. The van der Waals surface area contributed by atoms with Crippen molar-refractivity contribution in [2.75, 3.05) is 0 Å². The Hall–Kier alpha value is -1.33. The first-order valence-corrected chi connectivity index (χ1v) is 5.75. The fraction of sp³-hybridized carbons (Fsp3) is 0.500. The van der Waals surface area contributed by atoms with Crippen LogP contribution in [-0.4, -0.2) is 5.11 Å². The molecule has 0 saturated carbocycles. The Balaban J connectivity index is 2.96. The summed E-state index contributed by atoms with van der Waals surface area (Å²) in [6.45, 7) is 5.81. The van der Waals surface area contributed by atoms with E-state index >= 15 is 0 Å². The van der Waals surface area contributed by atoms with Crippen molar-refractivity contribution in [1.29, 1.82) is 5.26 Å². The van der Waals surface area contributed by atoms with E-state index in [1.54, 1.807) is 6.92 Å². The Morgan fingerprint density at radius 1 is 1.31 bits per heavy atom. The zero-order chi connectivity index (χ0) is 12.2. The maximum atomic E-state index is 10.2. The molecule has 2 atom stereocenters. The largest absolute Gasteiger partial charge is 0.387 e. The molecule has 0 heterocycles. The molecule has 1 rings (SSSR count). The van der Waals surface area contributed by atoms with Gasteiger partial charge in [0, 0.05) is 0 Å². The number of nitriles is 1. The second-order valence-electron chi connectivity index (χ2n) is 4.38. The van der Waals surface area contributed by atoms with Gasteiger partial charge in [-0.15, -0.1) is 0 Å². The molecule has 0 spiro atoms.